The normalized spacial score (nSPS) is 11.9. The third-order valence-corrected chi connectivity index (χ3v) is 3.85. The number of hydrogen-bond acceptors (Lipinski definition) is 5. The van der Waals surface area contributed by atoms with Gasteiger partial charge in [0.1, 0.15) is 17.5 Å². The zero-order chi connectivity index (χ0) is 20.7. The molecule has 0 spiro atoms. The Labute approximate surface area is 162 Å². The molecule has 1 unspecified atom stereocenters. The highest BCUT2D eigenvalue weighted by Gasteiger charge is 2.21. The number of carbonyl (C=O) groups excluding carboxylic acids is 2. The second-order valence-electron chi connectivity index (χ2n) is 6.17. The Morgan fingerprint density at radius 2 is 1.82 bits per heavy atom. The summed E-state index contributed by atoms with van der Waals surface area (Å²) in [4.78, 5) is 26.2. The first kappa shape index (κ1) is 20.6. The summed E-state index contributed by atoms with van der Waals surface area (Å²) in [5.41, 5.74) is 1.34. The van der Waals surface area contributed by atoms with Crippen molar-refractivity contribution in [2.75, 3.05) is 24.3 Å². The number of esters is 1. The number of ether oxygens (including phenoxy) is 1. The molecule has 2 aromatic rings. The lowest BCUT2D eigenvalue weighted by Gasteiger charge is -2.14. The van der Waals surface area contributed by atoms with Crippen LogP contribution in [0.25, 0.3) is 6.08 Å². The predicted molar refractivity (Wildman–Crippen MR) is 105 cm³/mol. The lowest BCUT2D eigenvalue weighted by atomic mass is 10.1. The minimum Gasteiger partial charge on any atom is -0.448 e. The van der Waals surface area contributed by atoms with Gasteiger partial charge in [0.2, 0.25) is 0 Å². The number of carbonyl (C=O) groups is 2. The summed E-state index contributed by atoms with van der Waals surface area (Å²) in [7, 11) is 3.80. The molecule has 0 saturated carbocycles. The molecule has 2 aromatic carbocycles. The molecule has 144 valence electrons. The molecule has 0 bridgehead atoms. The summed E-state index contributed by atoms with van der Waals surface area (Å²) in [5, 5.41) is 11.6. The number of nitriles is 1. The average molecular weight is 381 g/mol. The van der Waals surface area contributed by atoms with Crippen LogP contribution in [0.2, 0.25) is 0 Å². The summed E-state index contributed by atoms with van der Waals surface area (Å²) in [6, 6.07) is 14.6. The molecule has 0 saturated heterocycles. The van der Waals surface area contributed by atoms with Crippen molar-refractivity contribution in [3.63, 3.8) is 0 Å². The summed E-state index contributed by atoms with van der Waals surface area (Å²) >= 11 is 0. The van der Waals surface area contributed by atoms with E-state index >= 15 is 0 Å². The number of nitrogens with one attached hydrogen (secondary N) is 1. The zero-order valence-corrected chi connectivity index (χ0v) is 15.8. The summed E-state index contributed by atoms with van der Waals surface area (Å²) in [6.07, 6.45) is 0.170. The number of para-hydroxylation sites is 1. The third-order valence-electron chi connectivity index (χ3n) is 3.85. The molecule has 6 nitrogen and oxygen atoms in total. The van der Waals surface area contributed by atoms with Gasteiger partial charge in [0.05, 0.1) is 5.69 Å². The molecular weight excluding hydrogens is 361 g/mol. The zero-order valence-electron chi connectivity index (χ0n) is 15.8. The monoisotopic (exact) mass is 381 g/mol. The van der Waals surface area contributed by atoms with Gasteiger partial charge < -0.3 is 15.0 Å². The Hall–Kier alpha value is -3.66. The van der Waals surface area contributed by atoms with E-state index in [1.165, 1.54) is 31.2 Å². The minimum absolute atomic E-state index is 0.0209. The van der Waals surface area contributed by atoms with Gasteiger partial charge >= 0.3 is 5.97 Å². The van der Waals surface area contributed by atoms with Crippen molar-refractivity contribution in [2.45, 2.75) is 13.0 Å². The van der Waals surface area contributed by atoms with E-state index in [4.69, 9.17) is 4.74 Å². The van der Waals surface area contributed by atoms with Gasteiger partial charge in [-0.15, -0.1) is 0 Å². The van der Waals surface area contributed by atoms with E-state index in [0.29, 0.717) is 5.56 Å². The Morgan fingerprint density at radius 3 is 2.39 bits per heavy atom. The summed E-state index contributed by atoms with van der Waals surface area (Å²) < 4.78 is 18.6. The van der Waals surface area contributed by atoms with Crippen molar-refractivity contribution in [1.82, 2.24) is 0 Å². The van der Waals surface area contributed by atoms with Gasteiger partial charge in [-0.05, 0) is 42.8 Å². The number of hydrogen-bond donors (Lipinski definition) is 1. The van der Waals surface area contributed by atoms with Crippen molar-refractivity contribution in [2.24, 2.45) is 0 Å². The van der Waals surface area contributed by atoms with Crippen molar-refractivity contribution < 1.29 is 18.7 Å². The highest BCUT2D eigenvalue weighted by Crippen LogP contribution is 2.16. The molecule has 28 heavy (non-hydrogen) atoms. The molecule has 7 heteroatoms. The fraction of sp³-hybridized carbons (Fsp3) is 0.190. The van der Waals surface area contributed by atoms with Crippen LogP contribution in [0.15, 0.2) is 54.1 Å². The fourth-order valence-electron chi connectivity index (χ4n) is 2.25. The fourth-order valence-corrected chi connectivity index (χ4v) is 2.25. The van der Waals surface area contributed by atoms with Crippen LogP contribution in [0.3, 0.4) is 0 Å². The van der Waals surface area contributed by atoms with Gasteiger partial charge in [-0.2, -0.15) is 5.26 Å². The summed E-state index contributed by atoms with van der Waals surface area (Å²) in [5.74, 6) is -2.24. The first-order chi connectivity index (χ1) is 13.3. The number of nitrogens with zero attached hydrogens (tertiary/aromatic N) is 2. The summed E-state index contributed by atoms with van der Waals surface area (Å²) in [6.45, 7) is 1.34. The van der Waals surface area contributed by atoms with E-state index in [0.717, 1.165) is 5.69 Å². The molecule has 0 aromatic heterocycles. The molecule has 0 aliphatic rings. The van der Waals surface area contributed by atoms with E-state index in [2.05, 4.69) is 5.32 Å². The molecule has 0 fully saturated rings. The molecule has 0 heterocycles. The number of amides is 1. The van der Waals surface area contributed by atoms with Crippen LogP contribution in [0.5, 0.6) is 0 Å². The van der Waals surface area contributed by atoms with Crippen molar-refractivity contribution in [3.8, 4) is 6.07 Å². The molecule has 1 N–H and O–H groups in total. The van der Waals surface area contributed by atoms with Crippen LogP contribution in [0.1, 0.15) is 12.5 Å². The smallest absolute Gasteiger partial charge is 0.349 e. The standard InChI is InChI=1S/C21H20FN3O3/c1-14(20(26)24-19-7-5-4-6-18(19)22)28-21(27)16(13-23)12-15-8-10-17(11-9-15)25(2)3/h4-12,14H,1-3H3,(H,24,26)/b16-12+. The maximum atomic E-state index is 13.6. The Morgan fingerprint density at radius 1 is 1.18 bits per heavy atom. The van der Waals surface area contributed by atoms with E-state index in [1.807, 2.05) is 31.1 Å². The van der Waals surface area contributed by atoms with E-state index < -0.39 is 23.8 Å². The van der Waals surface area contributed by atoms with E-state index in [9.17, 15) is 19.2 Å². The third kappa shape index (κ3) is 5.42. The first-order valence-corrected chi connectivity index (χ1v) is 8.47. The van der Waals surface area contributed by atoms with Gasteiger partial charge in [-0.3, -0.25) is 4.79 Å². The Bertz CT molecular complexity index is 931. The highest BCUT2D eigenvalue weighted by atomic mass is 19.1. The van der Waals surface area contributed by atoms with Gasteiger partial charge in [0.15, 0.2) is 6.10 Å². The van der Waals surface area contributed by atoms with Crippen LogP contribution >= 0.6 is 0 Å². The maximum absolute atomic E-state index is 13.6. The molecule has 0 aliphatic heterocycles. The SMILES string of the molecule is CC(OC(=O)/C(C#N)=C/c1ccc(N(C)C)cc1)C(=O)Nc1ccccc1F. The first-order valence-electron chi connectivity index (χ1n) is 8.47. The number of rotatable bonds is 6. The molecule has 0 radical (unpaired) electrons. The van der Waals surface area contributed by atoms with Crippen LogP contribution < -0.4 is 10.2 Å². The van der Waals surface area contributed by atoms with Crippen molar-refractivity contribution in [1.29, 1.82) is 5.26 Å². The number of benzene rings is 2. The number of halogens is 1. The maximum Gasteiger partial charge on any atom is 0.349 e. The van der Waals surface area contributed by atoms with Crippen LogP contribution in [-0.4, -0.2) is 32.1 Å². The average Bonchev–Trinajstić information content (AvgIpc) is 2.67. The lowest BCUT2D eigenvalue weighted by molar-refractivity contribution is -0.148. The van der Waals surface area contributed by atoms with Gasteiger partial charge in [-0.25, -0.2) is 9.18 Å². The number of anilines is 2. The molecule has 2 rings (SSSR count). The van der Waals surface area contributed by atoms with Crippen molar-refractivity contribution >= 4 is 29.3 Å². The van der Waals surface area contributed by atoms with Gasteiger partial charge in [-0.1, -0.05) is 24.3 Å². The predicted octanol–water partition coefficient (Wildman–Crippen LogP) is 3.37. The van der Waals surface area contributed by atoms with E-state index in [-0.39, 0.29) is 11.3 Å². The second-order valence-corrected chi connectivity index (χ2v) is 6.17. The molecular formula is C21H20FN3O3. The van der Waals surface area contributed by atoms with Crippen molar-refractivity contribution in [3.05, 3.63) is 65.5 Å². The Balaban J connectivity index is 2.05. The molecule has 1 atom stereocenters. The minimum atomic E-state index is -1.21. The molecule has 1 amide bonds. The van der Waals surface area contributed by atoms with Crippen LogP contribution in [0.4, 0.5) is 15.8 Å². The Kier molecular flexibility index (Phi) is 6.88. The lowest BCUT2D eigenvalue weighted by Crippen LogP contribution is -2.30. The quantitative estimate of drug-likeness (QED) is 0.471. The van der Waals surface area contributed by atoms with Gasteiger partial charge in [0.25, 0.3) is 5.91 Å². The highest BCUT2D eigenvalue weighted by molar-refractivity contribution is 6.01. The van der Waals surface area contributed by atoms with Gasteiger partial charge in [0, 0.05) is 19.8 Å². The topological polar surface area (TPSA) is 82.4 Å². The van der Waals surface area contributed by atoms with Crippen LogP contribution in [-0.2, 0) is 14.3 Å². The molecule has 0 aliphatic carbocycles. The van der Waals surface area contributed by atoms with Crippen LogP contribution in [0, 0.1) is 17.1 Å². The largest absolute Gasteiger partial charge is 0.448 e. The van der Waals surface area contributed by atoms with E-state index in [1.54, 1.807) is 24.3 Å². The second kappa shape index (κ2) is 9.33.